The molecule has 26 heavy (non-hydrogen) atoms. The molecule has 0 radical (unpaired) electrons. The second-order valence-electron chi connectivity index (χ2n) is 6.82. The molecule has 0 bridgehead atoms. The minimum Gasteiger partial charge on any atom is -0.379 e. The van der Waals surface area contributed by atoms with Crippen LogP contribution < -0.4 is 10.6 Å². The maximum Gasteiger partial charge on any atom is 0.220 e. The van der Waals surface area contributed by atoms with Crippen molar-refractivity contribution in [3.05, 3.63) is 0 Å². The molecule has 0 saturated carbocycles. The number of nitrogens with one attached hydrogen (secondary N) is 2. The zero-order valence-corrected chi connectivity index (χ0v) is 15.8. The molecule has 2 heterocycles. The summed E-state index contributed by atoms with van der Waals surface area (Å²) in [4.78, 5) is 28.2. The standard InChI is InChI=1S/C18H34N4O4/c23-17(19-5-7-21-9-13-25-14-10-21)3-1-2-4-18(24)20-6-8-22-11-15-26-16-12-22/h1-16H2,(H,19,23)(H,20,24). The third-order valence-corrected chi connectivity index (χ3v) is 4.77. The van der Waals surface area contributed by atoms with Gasteiger partial charge in [0.25, 0.3) is 0 Å². The summed E-state index contributed by atoms with van der Waals surface area (Å²) in [6.45, 7) is 10.00. The van der Waals surface area contributed by atoms with E-state index in [1.165, 1.54) is 0 Å². The van der Waals surface area contributed by atoms with Crippen molar-refractivity contribution in [2.24, 2.45) is 0 Å². The number of amides is 2. The summed E-state index contributed by atoms with van der Waals surface area (Å²) in [5.74, 6) is 0.150. The Hall–Kier alpha value is -1.22. The molecule has 8 nitrogen and oxygen atoms in total. The van der Waals surface area contributed by atoms with E-state index in [4.69, 9.17) is 9.47 Å². The first-order valence-corrected chi connectivity index (χ1v) is 9.87. The summed E-state index contributed by atoms with van der Waals surface area (Å²) in [7, 11) is 0. The molecule has 0 aromatic heterocycles. The van der Waals surface area contributed by atoms with Crippen LogP contribution in [-0.2, 0) is 19.1 Å². The highest BCUT2D eigenvalue weighted by Crippen LogP contribution is 2.01. The van der Waals surface area contributed by atoms with E-state index in [0.717, 1.165) is 78.5 Å². The summed E-state index contributed by atoms with van der Waals surface area (Å²) < 4.78 is 10.6. The lowest BCUT2D eigenvalue weighted by molar-refractivity contribution is -0.123. The largest absolute Gasteiger partial charge is 0.379 e. The second-order valence-corrected chi connectivity index (χ2v) is 6.82. The first-order valence-electron chi connectivity index (χ1n) is 9.87. The van der Waals surface area contributed by atoms with E-state index < -0.39 is 0 Å². The van der Waals surface area contributed by atoms with Crippen molar-refractivity contribution in [1.82, 2.24) is 20.4 Å². The number of carbonyl (C=O) groups is 2. The number of nitrogens with zero attached hydrogens (tertiary/aromatic N) is 2. The van der Waals surface area contributed by atoms with Crippen LogP contribution in [0.15, 0.2) is 0 Å². The molecule has 8 heteroatoms. The van der Waals surface area contributed by atoms with Crippen LogP contribution in [0.4, 0.5) is 0 Å². The monoisotopic (exact) mass is 370 g/mol. The van der Waals surface area contributed by atoms with Gasteiger partial charge in [0.1, 0.15) is 0 Å². The van der Waals surface area contributed by atoms with Gasteiger partial charge in [-0.05, 0) is 12.8 Å². The van der Waals surface area contributed by atoms with Gasteiger partial charge in [0.2, 0.25) is 11.8 Å². The van der Waals surface area contributed by atoms with Crippen molar-refractivity contribution in [2.75, 3.05) is 78.8 Å². The first kappa shape index (κ1) is 21.1. The Morgan fingerprint density at radius 1 is 0.692 bits per heavy atom. The zero-order chi connectivity index (χ0) is 18.5. The third kappa shape index (κ3) is 9.47. The molecule has 150 valence electrons. The van der Waals surface area contributed by atoms with Gasteiger partial charge in [-0.2, -0.15) is 0 Å². The number of carbonyl (C=O) groups excluding carboxylic acids is 2. The van der Waals surface area contributed by atoms with Crippen LogP contribution in [0.25, 0.3) is 0 Å². The summed E-state index contributed by atoms with van der Waals surface area (Å²) in [6, 6.07) is 0. The molecule has 2 aliphatic rings. The zero-order valence-electron chi connectivity index (χ0n) is 15.8. The van der Waals surface area contributed by atoms with E-state index in [1.54, 1.807) is 0 Å². The quantitative estimate of drug-likeness (QED) is 0.475. The Kier molecular flexibility index (Phi) is 10.6. The number of unbranched alkanes of at least 4 members (excludes halogenated alkanes) is 1. The van der Waals surface area contributed by atoms with Crippen molar-refractivity contribution < 1.29 is 19.1 Å². The summed E-state index contributed by atoms with van der Waals surface area (Å²) >= 11 is 0. The molecular formula is C18H34N4O4. The highest BCUT2D eigenvalue weighted by Gasteiger charge is 2.11. The van der Waals surface area contributed by atoms with Gasteiger partial charge in [-0.3, -0.25) is 19.4 Å². The first-order chi connectivity index (χ1) is 12.7. The van der Waals surface area contributed by atoms with Gasteiger partial charge in [0.05, 0.1) is 26.4 Å². The molecule has 2 fully saturated rings. The average Bonchev–Trinajstić information content (AvgIpc) is 2.67. The Labute approximate surface area is 156 Å². The molecule has 0 spiro atoms. The molecule has 2 rings (SSSR count). The van der Waals surface area contributed by atoms with Crippen molar-refractivity contribution in [3.8, 4) is 0 Å². The molecule has 0 unspecified atom stereocenters. The van der Waals surface area contributed by atoms with Crippen LogP contribution in [0.5, 0.6) is 0 Å². The number of rotatable bonds is 11. The van der Waals surface area contributed by atoms with Gasteiger partial charge < -0.3 is 20.1 Å². The molecule has 0 atom stereocenters. The van der Waals surface area contributed by atoms with Crippen LogP contribution in [-0.4, -0.2) is 100 Å². The van der Waals surface area contributed by atoms with Gasteiger partial charge in [-0.25, -0.2) is 0 Å². The van der Waals surface area contributed by atoms with E-state index in [9.17, 15) is 9.59 Å². The fourth-order valence-corrected chi connectivity index (χ4v) is 3.10. The number of hydrogen-bond acceptors (Lipinski definition) is 6. The number of ether oxygens (including phenoxy) is 2. The lowest BCUT2D eigenvalue weighted by atomic mass is 10.2. The lowest BCUT2D eigenvalue weighted by Crippen LogP contribution is -2.41. The molecule has 2 aliphatic heterocycles. The normalized spacial score (nSPS) is 19.2. The summed E-state index contributed by atoms with van der Waals surface area (Å²) in [6.07, 6.45) is 2.48. The highest BCUT2D eigenvalue weighted by atomic mass is 16.5. The van der Waals surface area contributed by atoms with Gasteiger partial charge in [0, 0.05) is 65.2 Å². The molecule has 2 N–H and O–H groups in total. The number of hydrogen-bond donors (Lipinski definition) is 2. The van der Waals surface area contributed by atoms with Crippen molar-refractivity contribution in [3.63, 3.8) is 0 Å². The van der Waals surface area contributed by atoms with E-state index in [-0.39, 0.29) is 11.8 Å². The topological polar surface area (TPSA) is 83.1 Å². The van der Waals surface area contributed by atoms with E-state index in [1.807, 2.05) is 0 Å². The summed E-state index contributed by atoms with van der Waals surface area (Å²) in [5.41, 5.74) is 0. The third-order valence-electron chi connectivity index (χ3n) is 4.77. The fourth-order valence-electron chi connectivity index (χ4n) is 3.10. The van der Waals surface area contributed by atoms with Crippen LogP contribution in [0, 0.1) is 0 Å². The maximum atomic E-state index is 11.8. The average molecular weight is 370 g/mol. The molecule has 2 amide bonds. The smallest absolute Gasteiger partial charge is 0.220 e. The van der Waals surface area contributed by atoms with Crippen LogP contribution in [0.1, 0.15) is 25.7 Å². The fraction of sp³-hybridized carbons (Fsp3) is 0.889. The SMILES string of the molecule is O=C(CCCCC(=O)NCCN1CCOCC1)NCCN1CCOCC1. The van der Waals surface area contributed by atoms with E-state index >= 15 is 0 Å². The van der Waals surface area contributed by atoms with Crippen molar-refractivity contribution >= 4 is 11.8 Å². The minimum atomic E-state index is 0.0750. The van der Waals surface area contributed by atoms with Crippen LogP contribution in [0.3, 0.4) is 0 Å². The van der Waals surface area contributed by atoms with Crippen LogP contribution in [0.2, 0.25) is 0 Å². The van der Waals surface area contributed by atoms with Gasteiger partial charge in [-0.15, -0.1) is 0 Å². The van der Waals surface area contributed by atoms with Crippen molar-refractivity contribution in [1.29, 1.82) is 0 Å². The Bertz CT molecular complexity index is 372. The Morgan fingerprint density at radius 3 is 1.46 bits per heavy atom. The molecule has 0 aromatic rings. The second kappa shape index (κ2) is 13.0. The lowest BCUT2D eigenvalue weighted by Gasteiger charge is -2.26. The van der Waals surface area contributed by atoms with E-state index in [2.05, 4.69) is 20.4 Å². The van der Waals surface area contributed by atoms with Crippen LogP contribution >= 0.6 is 0 Å². The maximum absolute atomic E-state index is 11.8. The minimum absolute atomic E-state index is 0.0750. The van der Waals surface area contributed by atoms with Gasteiger partial charge >= 0.3 is 0 Å². The van der Waals surface area contributed by atoms with Crippen molar-refractivity contribution in [2.45, 2.75) is 25.7 Å². The Balaban J connectivity index is 1.38. The predicted molar refractivity (Wildman–Crippen MR) is 99.0 cm³/mol. The van der Waals surface area contributed by atoms with Gasteiger partial charge in [0.15, 0.2) is 0 Å². The van der Waals surface area contributed by atoms with Gasteiger partial charge in [-0.1, -0.05) is 0 Å². The van der Waals surface area contributed by atoms with E-state index in [0.29, 0.717) is 25.9 Å². The summed E-state index contributed by atoms with van der Waals surface area (Å²) in [5, 5.41) is 5.90. The molecule has 0 aliphatic carbocycles. The predicted octanol–water partition coefficient (Wildman–Crippen LogP) is -0.556. The molecular weight excluding hydrogens is 336 g/mol. The number of morpholine rings is 2. The molecule has 0 aromatic carbocycles. The highest BCUT2D eigenvalue weighted by molar-refractivity contribution is 5.77. The molecule has 2 saturated heterocycles. The Morgan fingerprint density at radius 2 is 1.08 bits per heavy atom.